The van der Waals surface area contributed by atoms with Crippen molar-refractivity contribution >= 4 is 23.4 Å². The van der Waals surface area contributed by atoms with Crippen molar-refractivity contribution in [2.45, 2.75) is 58.7 Å². The number of ether oxygens (including phenoxy) is 2. The van der Waals surface area contributed by atoms with E-state index in [9.17, 15) is 23.2 Å². The Bertz CT molecular complexity index is 1760. The van der Waals surface area contributed by atoms with E-state index in [-0.39, 0.29) is 35.4 Å². The molecule has 0 bridgehead atoms. The second kappa shape index (κ2) is 11.4. The van der Waals surface area contributed by atoms with Gasteiger partial charge >= 0.3 is 5.97 Å². The lowest BCUT2D eigenvalue weighted by atomic mass is 9.97. The second-order valence-electron chi connectivity index (χ2n) is 11.3. The van der Waals surface area contributed by atoms with Crippen molar-refractivity contribution in [2.75, 3.05) is 7.11 Å². The van der Waals surface area contributed by atoms with Gasteiger partial charge in [0.1, 0.15) is 17.0 Å². The number of carbonyl (C=O) groups is 3. The number of amides is 2. The zero-order valence-electron chi connectivity index (χ0n) is 24.4. The molecule has 2 aromatic carbocycles. The van der Waals surface area contributed by atoms with Crippen LogP contribution in [-0.2, 0) is 17.7 Å². The number of rotatable bonds is 7. The average Bonchev–Trinajstić information content (AvgIpc) is 3.54. The third kappa shape index (κ3) is 6.04. The van der Waals surface area contributed by atoms with Crippen molar-refractivity contribution in [3.05, 3.63) is 93.4 Å². The predicted octanol–water partition coefficient (Wildman–Crippen LogP) is 4.63. The van der Waals surface area contributed by atoms with Crippen LogP contribution in [0.1, 0.15) is 86.8 Å². The first-order valence-corrected chi connectivity index (χ1v) is 13.7. The molecule has 0 spiro atoms. The molecule has 12 heteroatoms. The highest BCUT2D eigenvalue weighted by Gasteiger charge is 2.30. The molecule has 2 N–H and O–H groups in total. The standard InChI is InChI=1S/C31H31F2N5O5/c1-16-18-9-11-23(20(18)8-7-19(16)30(41)43-31(2,3)4)37-29(40)25-13-24(36-27-22(33)15-35-38(25)27)28(39)34-14-17-6-10-21(32)26(12-17)42-5/h6-8,10,12-13,15,23H,9,11,14H2,1-5H3,(H,34,39)(H,37,40)/t23-/m0/s1. The average molecular weight is 592 g/mol. The minimum Gasteiger partial charge on any atom is -0.494 e. The quantitative estimate of drug-likeness (QED) is 0.301. The van der Waals surface area contributed by atoms with Crippen LogP contribution < -0.4 is 15.4 Å². The first kappa shape index (κ1) is 29.6. The fourth-order valence-electron chi connectivity index (χ4n) is 5.12. The molecule has 5 rings (SSSR count). The van der Waals surface area contributed by atoms with Gasteiger partial charge in [-0.05, 0) is 81.0 Å². The maximum Gasteiger partial charge on any atom is 0.338 e. The Labute approximate surface area is 246 Å². The summed E-state index contributed by atoms with van der Waals surface area (Å²) >= 11 is 0. The Kier molecular flexibility index (Phi) is 7.87. The van der Waals surface area contributed by atoms with E-state index in [4.69, 9.17) is 9.47 Å². The maximum absolute atomic E-state index is 14.6. The Balaban J connectivity index is 1.37. The number of fused-ring (bicyclic) bond motifs is 2. The molecular formula is C31H31F2N5O5. The summed E-state index contributed by atoms with van der Waals surface area (Å²) in [6.07, 6.45) is 2.13. The number of benzene rings is 2. The smallest absolute Gasteiger partial charge is 0.338 e. The molecule has 0 saturated carbocycles. The van der Waals surface area contributed by atoms with Gasteiger partial charge in [-0.25, -0.2) is 23.1 Å². The number of carbonyl (C=O) groups excluding carboxylic acids is 3. The molecule has 224 valence electrons. The largest absolute Gasteiger partial charge is 0.494 e. The molecule has 0 aliphatic heterocycles. The van der Waals surface area contributed by atoms with E-state index in [1.807, 2.05) is 6.92 Å². The van der Waals surface area contributed by atoms with Gasteiger partial charge in [-0.2, -0.15) is 5.10 Å². The van der Waals surface area contributed by atoms with Crippen molar-refractivity contribution in [1.29, 1.82) is 0 Å². The molecule has 1 aliphatic rings. The van der Waals surface area contributed by atoms with Crippen LogP contribution in [0.25, 0.3) is 5.65 Å². The molecule has 1 atom stereocenters. The number of hydrogen-bond donors (Lipinski definition) is 2. The SMILES string of the molecule is COc1cc(CNC(=O)c2cc(C(=O)N[C@H]3CCc4c3ccc(C(=O)OC(C)(C)C)c4C)n3ncc(F)c3n2)ccc1F. The Morgan fingerprint density at radius 2 is 1.84 bits per heavy atom. The molecule has 0 saturated heterocycles. The zero-order chi connectivity index (χ0) is 31.1. The van der Waals surface area contributed by atoms with Crippen molar-refractivity contribution in [3.63, 3.8) is 0 Å². The summed E-state index contributed by atoms with van der Waals surface area (Å²) < 4.78 is 39.8. The lowest BCUT2D eigenvalue weighted by Crippen LogP contribution is -2.31. The van der Waals surface area contributed by atoms with Crippen LogP contribution >= 0.6 is 0 Å². The molecule has 43 heavy (non-hydrogen) atoms. The summed E-state index contributed by atoms with van der Waals surface area (Å²) in [4.78, 5) is 43.3. The molecule has 0 fully saturated rings. The van der Waals surface area contributed by atoms with Gasteiger partial charge in [-0.3, -0.25) is 9.59 Å². The second-order valence-corrected chi connectivity index (χ2v) is 11.3. The normalized spacial score (nSPS) is 14.3. The zero-order valence-corrected chi connectivity index (χ0v) is 24.4. The van der Waals surface area contributed by atoms with Crippen LogP contribution in [0.3, 0.4) is 0 Å². The molecule has 2 amide bonds. The number of halogens is 2. The van der Waals surface area contributed by atoms with Crippen molar-refractivity contribution < 1.29 is 32.6 Å². The highest BCUT2D eigenvalue weighted by molar-refractivity contribution is 5.98. The van der Waals surface area contributed by atoms with Crippen LogP contribution in [-0.4, -0.2) is 45.1 Å². The van der Waals surface area contributed by atoms with Crippen LogP contribution in [0.15, 0.2) is 42.6 Å². The highest BCUT2D eigenvalue weighted by Crippen LogP contribution is 2.35. The van der Waals surface area contributed by atoms with E-state index in [0.29, 0.717) is 24.0 Å². The van der Waals surface area contributed by atoms with Crippen LogP contribution in [0, 0.1) is 18.6 Å². The summed E-state index contributed by atoms with van der Waals surface area (Å²) in [5.41, 5.74) is 2.44. The highest BCUT2D eigenvalue weighted by atomic mass is 19.1. The van der Waals surface area contributed by atoms with Gasteiger partial charge in [0.25, 0.3) is 11.8 Å². The van der Waals surface area contributed by atoms with E-state index in [1.54, 1.807) is 32.9 Å². The Hall–Kier alpha value is -4.87. The summed E-state index contributed by atoms with van der Waals surface area (Å²) in [5, 5.41) is 9.55. The third-order valence-electron chi connectivity index (χ3n) is 7.18. The fourth-order valence-corrected chi connectivity index (χ4v) is 5.12. The number of aromatic nitrogens is 3. The summed E-state index contributed by atoms with van der Waals surface area (Å²) in [6, 6.07) is 8.50. The number of methoxy groups -OCH3 is 1. The lowest BCUT2D eigenvalue weighted by molar-refractivity contribution is 0.00683. The number of nitrogens with zero attached hydrogens (tertiary/aromatic N) is 3. The summed E-state index contributed by atoms with van der Waals surface area (Å²) in [7, 11) is 1.33. The number of nitrogens with one attached hydrogen (secondary N) is 2. The van der Waals surface area contributed by atoms with Crippen LogP contribution in [0.5, 0.6) is 5.75 Å². The monoisotopic (exact) mass is 591 g/mol. The summed E-state index contributed by atoms with van der Waals surface area (Å²) in [5.74, 6) is -2.99. The van der Waals surface area contributed by atoms with E-state index >= 15 is 0 Å². The van der Waals surface area contributed by atoms with Gasteiger partial charge in [0.15, 0.2) is 23.0 Å². The van der Waals surface area contributed by atoms with Crippen LogP contribution in [0.4, 0.5) is 8.78 Å². The predicted molar refractivity (Wildman–Crippen MR) is 152 cm³/mol. The van der Waals surface area contributed by atoms with Crippen molar-refractivity contribution in [1.82, 2.24) is 25.2 Å². The lowest BCUT2D eigenvalue weighted by Gasteiger charge is -2.21. The molecule has 2 heterocycles. The van der Waals surface area contributed by atoms with Gasteiger partial charge < -0.3 is 20.1 Å². The number of hydrogen-bond acceptors (Lipinski definition) is 7. The van der Waals surface area contributed by atoms with Gasteiger partial charge in [0.05, 0.1) is 24.9 Å². The molecule has 2 aromatic heterocycles. The molecular weight excluding hydrogens is 560 g/mol. The van der Waals surface area contributed by atoms with Gasteiger partial charge in [0, 0.05) is 12.6 Å². The Morgan fingerprint density at radius 3 is 2.56 bits per heavy atom. The van der Waals surface area contributed by atoms with Gasteiger partial charge in [0.2, 0.25) is 0 Å². The van der Waals surface area contributed by atoms with E-state index in [1.165, 1.54) is 31.4 Å². The Morgan fingerprint density at radius 1 is 1.07 bits per heavy atom. The van der Waals surface area contributed by atoms with E-state index in [2.05, 4.69) is 20.7 Å². The first-order valence-electron chi connectivity index (χ1n) is 13.7. The van der Waals surface area contributed by atoms with Gasteiger partial charge in [-0.15, -0.1) is 0 Å². The van der Waals surface area contributed by atoms with Crippen molar-refractivity contribution in [2.24, 2.45) is 0 Å². The van der Waals surface area contributed by atoms with E-state index in [0.717, 1.165) is 27.4 Å². The topological polar surface area (TPSA) is 124 Å². The molecule has 1 aliphatic carbocycles. The van der Waals surface area contributed by atoms with Crippen molar-refractivity contribution in [3.8, 4) is 5.75 Å². The minimum atomic E-state index is -0.802. The maximum atomic E-state index is 14.6. The first-order chi connectivity index (χ1) is 20.4. The molecule has 0 unspecified atom stereocenters. The van der Waals surface area contributed by atoms with Crippen LogP contribution in [0.2, 0.25) is 0 Å². The minimum absolute atomic E-state index is 0.00903. The third-order valence-corrected chi connectivity index (χ3v) is 7.18. The van der Waals surface area contributed by atoms with Gasteiger partial charge in [-0.1, -0.05) is 12.1 Å². The molecule has 4 aromatic rings. The number of esters is 1. The fraction of sp³-hybridized carbons (Fsp3) is 0.323. The molecule has 10 nitrogen and oxygen atoms in total. The summed E-state index contributed by atoms with van der Waals surface area (Å²) in [6.45, 7) is 7.28. The van der Waals surface area contributed by atoms with E-state index < -0.39 is 35.0 Å². The molecule has 0 radical (unpaired) electrons.